The Morgan fingerprint density at radius 3 is 2.50 bits per heavy atom. The Balaban J connectivity index is 1.80. The fraction of sp³-hybridized carbons (Fsp3) is 0.533. The second kappa shape index (κ2) is 6.24. The standard InChI is InChI=1S/C15H22N2O3/c1-15(19)6-8-17(9-7-15)14(18)11-20-13-4-2-12(10-16)3-5-13/h2-5,19H,6-11,16H2,1H3. The van der Waals surface area contributed by atoms with Crippen LogP contribution in [0.25, 0.3) is 0 Å². The number of amides is 1. The first-order valence-electron chi connectivity index (χ1n) is 6.92. The molecule has 2 rings (SSSR count). The van der Waals surface area contributed by atoms with E-state index in [1.54, 1.807) is 4.90 Å². The normalized spacial score (nSPS) is 17.9. The smallest absolute Gasteiger partial charge is 0.260 e. The summed E-state index contributed by atoms with van der Waals surface area (Å²) in [6.07, 6.45) is 1.23. The number of nitrogens with zero attached hydrogens (tertiary/aromatic N) is 1. The van der Waals surface area contributed by atoms with Gasteiger partial charge in [0.2, 0.25) is 0 Å². The Hall–Kier alpha value is -1.59. The lowest BCUT2D eigenvalue weighted by Crippen LogP contribution is -2.46. The van der Waals surface area contributed by atoms with Gasteiger partial charge in [0.05, 0.1) is 5.60 Å². The highest BCUT2D eigenvalue weighted by Crippen LogP contribution is 2.21. The number of aliphatic hydroxyl groups is 1. The van der Waals surface area contributed by atoms with Crippen molar-refractivity contribution in [2.45, 2.75) is 31.9 Å². The molecule has 0 atom stereocenters. The lowest BCUT2D eigenvalue weighted by atomic mass is 9.94. The molecule has 1 aliphatic heterocycles. The van der Waals surface area contributed by atoms with Gasteiger partial charge in [-0.2, -0.15) is 0 Å². The van der Waals surface area contributed by atoms with E-state index in [2.05, 4.69) is 0 Å². The van der Waals surface area contributed by atoms with Crippen molar-refractivity contribution >= 4 is 5.91 Å². The van der Waals surface area contributed by atoms with Crippen LogP contribution in [-0.4, -0.2) is 41.2 Å². The number of rotatable bonds is 4. The molecule has 1 aromatic carbocycles. The van der Waals surface area contributed by atoms with Crippen LogP contribution in [0.5, 0.6) is 5.75 Å². The lowest BCUT2D eigenvalue weighted by Gasteiger charge is -2.35. The summed E-state index contributed by atoms with van der Waals surface area (Å²) >= 11 is 0. The van der Waals surface area contributed by atoms with Crippen LogP contribution in [0, 0.1) is 0 Å². The van der Waals surface area contributed by atoms with E-state index in [-0.39, 0.29) is 12.5 Å². The highest BCUT2D eigenvalue weighted by molar-refractivity contribution is 5.77. The first-order valence-corrected chi connectivity index (χ1v) is 6.92. The van der Waals surface area contributed by atoms with Crippen LogP contribution in [0.2, 0.25) is 0 Å². The second-order valence-electron chi connectivity index (χ2n) is 5.51. The van der Waals surface area contributed by atoms with E-state index in [1.807, 2.05) is 31.2 Å². The van der Waals surface area contributed by atoms with Crippen molar-refractivity contribution in [3.8, 4) is 5.75 Å². The minimum absolute atomic E-state index is 0.0319. The van der Waals surface area contributed by atoms with Gasteiger partial charge in [0.25, 0.3) is 5.91 Å². The highest BCUT2D eigenvalue weighted by atomic mass is 16.5. The monoisotopic (exact) mass is 278 g/mol. The van der Waals surface area contributed by atoms with Crippen molar-refractivity contribution in [2.24, 2.45) is 5.73 Å². The summed E-state index contributed by atoms with van der Waals surface area (Å²) in [5.74, 6) is 0.628. The Labute approximate surface area is 119 Å². The van der Waals surface area contributed by atoms with Crippen molar-refractivity contribution in [2.75, 3.05) is 19.7 Å². The molecule has 1 heterocycles. The molecule has 1 amide bonds. The van der Waals surface area contributed by atoms with E-state index in [4.69, 9.17) is 10.5 Å². The van der Waals surface area contributed by atoms with Gasteiger partial charge < -0.3 is 20.5 Å². The summed E-state index contributed by atoms with van der Waals surface area (Å²) in [5.41, 5.74) is 5.91. The van der Waals surface area contributed by atoms with Gasteiger partial charge in [0, 0.05) is 19.6 Å². The molecular formula is C15H22N2O3. The summed E-state index contributed by atoms with van der Waals surface area (Å²) in [7, 11) is 0. The molecule has 1 fully saturated rings. The van der Waals surface area contributed by atoms with Crippen LogP contribution in [0.15, 0.2) is 24.3 Å². The molecule has 0 saturated carbocycles. The van der Waals surface area contributed by atoms with Gasteiger partial charge in [-0.25, -0.2) is 0 Å². The quantitative estimate of drug-likeness (QED) is 0.858. The van der Waals surface area contributed by atoms with Crippen LogP contribution in [0.3, 0.4) is 0 Å². The molecule has 0 unspecified atom stereocenters. The number of hydrogen-bond acceptors (Lipinski definition) is 4. The number of hydrogen-bond donors (Lipinski definition) is 2. The Morgan fingerprint density at radius 2 is 1.95 bits per heavy atom. The number of carbonyl (C=O) groups excluding carboxylic acids is 1. The van der Waals surface area contributed by atoms with Crippen LogP contribution in [-0.2, 0) is 11.3 Å². The minimum atomic E-state index is -0.643. The fourth-order valence-corrected chi connectivity index (χ4v) is 2.20. The van der Waals surface area contributed by atoms with Gasteiger partial charge in [-0.1, -0.05) is 12.1 Å². The summed E-state index contributed by atoms with van der Waals surface area (Å²) in [4.78, 5) is 13.7. The first-order chi connectivity index (χ1) is 9.50. The van der Waals surface area contributed by atoms with Crippen LogP contribution < -0.4 is 10.5 Å². The lowest BCUT2D eigenvalue weighted by molar-refractivity contribution is -0.137. The van der Waals surface area contributed by atoms with E-state index in [0.717, 1.165) is 5.56 Å². The van der Waals surface area contributed by atoms with Gasteiger partial charge in [0.15, 0.2) is 6.61 Å². The summed E-state index contributed by atoms with van der Waals surface area (Å²) < 4.78 is 5.48. The third-order valence-corrected chi connectivity index (χ3v) is 3.71. The van der Waals surface area contributed by atoms with Crippen LogP contribution in [0.1, 0.15) is 25.3 Å². The van der Waals surface area contributed by atoms with Crippen molar-refractivity contribution in [1.29, 1.82) is 0 Å². The number of nitrogens with two attached hydrogens (primary N) is 1. The summed E-state index contributed by atoms with van der Waals surface area (Å²) in [5, 5.41) is 9.85. The molecule has 20 heavy (non-hydrogen) atoms. The maximum atomic E-state index is 12.0. The molecule has 0 radical (unpaired) electrons. The number of carbonyl (C=O) groups is 1. The van der Waals surface area contributed by atoms with Crippen LogP contribution >= 0.6 is 0 Å². The summed E-state index contributed by atoms with van der Waals surface area (Å²) in [6, 6.07) is 7.41. The third-order valence-electron chi connectivity index (χ3n) is 3.71. The average Bonchev–Trinajstić information content (AvgIpc) is 2.45. The van der Waals surface area contributed by atoms with E-state index >= 15 is 0 Å². The number of ether oxygens (including phenoxy) is 1. The molecule has 0 spiro atoms. The number of piperidine rings is 1. The van der Waals surface area contributed by atoms with Gasteiger partial charge in [0.1, 0.15) is 5.75 Å². The van der Waals surface area contributed by atoms with Crippen molar-refractivity contribution in [1.82, 2.24) is 4.90 Å². The summed E-state index contributed by atoms with van der Waals surface area (Å²) in [6.45, 7) is 3.50. The molecule has 1 saturated heterocycles. The third kappa shape index (κ3) is 3.95. The fourth-order valence-electron chi connectivity index (χ4n) is 2.20. The Kier molecular flexibility index (Phi) is 4.62. The molecule has 1 aliphatic rings. The predicted molar refractivity (Wildman–Crippen MR) is 76.3 cm³/mol. The second-order valence-corrected chi connectivity index (χ2v) is 5.51. The molecular weight excluding hydrogens is 256 g/mol. The van der Waals surface area contributed by atoms with Gasteiger partial charge in [-0.05, 0) is 37.5 Å². The number of likely N-dealkylation sites (tertiary alicyclic amines) is 1. The van der Waals surface area contributed by atoms with Crippen molar-refractivity contribution in [3.05, 3.63) is 29.8 Å². The SMILES string of the molecule is CC1(O)CCN(C(=O)COc2ccc(CN)cc2)CC1. The minimum Gasteiger partial charge on any atom is -0.484 e. The zero-order chi connectivity index (χ0) is 14.6. The number of benzene rings is 1. The molecule has 1 aromatic rings. The van der Waals surface area contributed by atoms with Crippen molar-refractivity contribution in [3.63, 3.8) is 0 Å². The zero-order valence-corrected chi connectivity index (χ0v) is 11.8. The van der Waals surface area contributed by atoms with Gasteiger partial charge in [-0.15, -0.1) is 0 Å². The van der Waals surface area contributed by atoms with Gasteiger partial charge in [-0.3, -0.25) is 4.79 Å². The average molecular weight is 278 g/mol. The van der Waals surface area contributed by atoms with Crippen molar-refractivity contribution < 1.29 is 14.6 Å². The topological polar surface area (TPSA) is 75.8 Å². The molecule has 5 nitrogen and oxygen atoms in total. The molecule has 0 aliphatic carbocycles. The maximum Gasteiger partial charge on any atom is 0.260 e. The molecule has 0 aromatic heterocycles. The predicted octanol–water partition coefficient (Wildman–Crippen LogP) is 0.897. The molecule has 0 bridgehead atoms. The largest absolute Gasteiger partial charge is 0.484 e. The van der Waals surface area contributed by atoms with E-state index < -0.39 is 5.60 Å². The molecule has 3 N–H and O–H groups in total. The van der Waals surface area contributed by atoms with E-state index in [1.165, 1.54) is 0 Å². The van der Waals surface area contributed by atoms with E-state index in [9.17, 15) is 9.90 Å². The Morgan fingerprint density at radius 1 is 1.35 bits per heavy atom. The molecule has 5 heteroatoms. The first kappa shape index (κ1) is 14.8. The highest BCUT2D eigenvalue weighted by Gasteiger charge is 2.29. The maximum absolute atomic E-state index is 12.0. The van der Waals surface area contributed by atoms with Crippen LogP contribution in [0.4, 0.5) is 0 Å². The van der Waals surface area contributed by atoms with Gasteiger partial charge >= 0.3 is 0 Å². The molecule has 110 valence electrons. The zero-order valence-electron chi connectivity index (χ0n) is 11.8. The Bertz CT molecular complexity index is 447. The van der Waals surface area contributed by atoms with E-state index in [0.29, 0.717) is 38.2 Å².